The van der Waals surface area contributed by atoms with Gasteiger partial charge < -0.3 is 10.3 Å². The van der Waals surface area contributed by atoms with Crippen molar-refractivity contribution >= 4 is 44.1 Å². The van der Waals surface area contributed by atoms with E-state index in [4.69, 9.17) is 11.6 Å². The number of rotatable bonds is 6. The number of carbonyl (C=O) groups is 1. The molecule has 1 aromatic heterocycles. The van der Waals surface area contributed by atoms with E-state index >= 15 is 0 Å². The summed E-state index contributed by atoms with van der Waals surface area (Å²) in [5.41, 5.74) is 1.58. The van der Waals surface area contributed by atoms with E-state index in [2.05, 4.69) is 10.3 Å². The van der Waals surface area contributed by atoms with Gasteiger partial charge in [0, 0.05) is 24.2 Å². The van der Waals surface area contributed by atoms with Crippen molar-refractivity contribution < 1.29 is 13.2 Å². The summed E-state index contributed by atoms with van der Waals surface area (Å²) in [6, 6.07) is 13.3. The van der Waals surface area contributed by atoms with Crippen LogP contribution in [0.4, 0.5) is 5.69 Å². The number of nitrogens with zero attached hydrogens (tertiary/aromatic N) is 1. The van der Waals surface area contributed by atoms with Crippen LogP contribution in [-0.2, 0) is 10.0 Å². The van der Waals surface area contributed by atoms with Crippen molar-refractivity contribution in [3.63, 3.8) is 0 Å². The zero-order valence-corrected chi connectivity index (χ0v) is 16.6. The summed E-state index contributed by atoms with van der Waals surface area (Å²) in [4.78, 5) is 15.7. The van der Waals surface area contributed by atoms with Crippen LogP contribution in [0.1, 0.15) is 24.3 Å². The maximum atomic E-state index is 12.5. The molecule has 2 aromatic carbocycles. The highest BCUT2D eigenvalue weighted by Crippen LogP contribution is 2.24. The number of fused-ring (bicyclic) bond motifs is 1. The number of hydrogen-bond acceptors (Lipinski definition) is 3. The monoisotopic (exact) mass is 405 g/mol. The molecule has 0 aliphatic rings. The summed E-state index contributed by atoms with van der Waals surface area (Å²) in [7, 11) is -3.52. The summed E-state index contributed by atoms with van der Waals surface area (Å²) in [5.74, 6) is -0.332. The largest absolute Gasteiger partial charge is 0.349 e. The Bertz CT molecular complexity index is 1070. The van der Waals surface area contributed by atoms with Crippen LogP contribution >= 0.6 is 11.6 Å². The summed E-state index contributed by atoms with van der Waals surface area (Å²) in [6.07, 6.45) is 0. The Morgan fingerprint density at radius 3 is 2.37 bits per heavy atom. The summed E-state index contributed by atoms with van der Waals surface area (Å²) in [6.45, 7) is 4.39. The Labute approximate surface area is 163 Å². The lowest BCUT2D eigenvalue weighted by atomic mass is 10.2. The molecule has 0 atom stereocenters. The lowest BCUT2D eigenvalue weighted by Crippen LogP contribution is -2.30. The molecular weight excluding hydrogens is 386 g/mol. The maximum absolute atomic E-state index is 12.5. The summed E-state index contributed by atoms with van der Waals surface area (Å²) >= 11 is 6.12. The first-order chi connectivity index (χ1) is 12.9. The predicted molar refractivity (Wildman–Crippen MR) is 108 cm³/mol. The number of para-hydroxylation sites is 1. The number of carbonyl (C=O) groups excluding carboxylic acids is 1. The molecule has 1 amide bonds. The number of aromatic amines is 1. The Morgan fingerprint density at radius 2 is 1.78 bits per heavy atom. The zero-order valence-electron chi connectivity index (χ0n) is 15.0. The molecule has 0 saturated carbocycles. The smallest absolute Gasteiger partial charge is 0.272 e. The van der Waals surface area contributed by atoms with Gasteiger partial charge in [-0.05, 0) is 36.4 Å². The maximum Gasteiger partial charge on any atom is 0.272 e. The minimum Gasteiger partial charge on any atom is -0.349 e. The van der Waals surface area contributed by atoms with Crippen LogP contribution in [0, 0.1) is 0 Å². The molecule has 6 nitrogen and oxygen atoms in total. The molecule has 2 N–H and O–H groups in total. The van der Waals surface area contributed by atoms with E-state index in [0.717, 1.165) is 5.39 Å². The number of anilines is 1. The van der Waals surface area contributed by atoms with E-state index in [1.807, 2.05) is 12.1 Å². The fourth-order valence-corrected chi connectivity index (χ4v) is 4.55. The Balaban J connectivity index is 1.79. The average molecular weight is 406 g/mol. The fraction of sp³-hybridized carbons (Fsp3) is 0.211. The van der Waals surface area contributed by atoms with Gasteiger partial charge in [-0.2, -0.15) is 4.31 Å². The molecule has 8 heteroatoms. The van der Waals surface area contributed by atoms with Crippen molar-refractivity contribution in [2.75, 3.05) is 18.4 Å². The van der Waals surface area contributed by atoms with Crippen molar-refractivity contribution in [2.45, 2.75) is 18.7 Å². The van der Waals surface area contributed by atoms with Crippen LogP contribution in [0.15, 0.2) is 53.4 Å². The van der Waals surface area contributed by atoms with E-state index in [9.17, 15) is 13.2 Å². The number of amides is 1. The molecule has 1 heterocycles. The summed E-state index contributed by atoms with van der Waals surface area (Å²) < 4.78 is 26.4. The minimum absolute atomic E-state index is 0.196. The van der Waals surface area contributed by atoms with Gasteiger partial charge in [0.25, 0.3) is 5.91 Å². The van der Waals surface area contributed by atoms with Crippen LogP contribution in [0.25, 0.3) is 10.9 Å². The molecule has 0 aliphatic carbocycles. The molecule has 0 bridgehead atoms. The molecule has 27 heavy (non-hydrogen) atoms. The fourth-order valence-electron chi connectivity index (χ4n) is 2.86. The van der Waals surface area contributed by atoms with Crippen LogP contribution in [-0.4, -0.2) is 36.7 Å². The molecule has 3 rings (SSSR count). The van der Waals surface area contributed by atoms with Gasteiger partial charge in [0.1, 0.15) is 5.69 Å². The standard InChI is InChI=1S/C19H20ClN3O3S/c1-3-23(4-2)27(25,26)15-10-8-14(9-11-15)21-19(24)17-12-13-6-5-7-16(20)18(13)22-17/h5-12,22H,3-4H2,1-2H3,(H,21,24). The first kappa shape index (κ1) is 19.4. The van der Waals surface area contributed by atoms with Gasteiger partial charge in [-0.1, -0.05) is 37.6 Å². The average Bonchev–Trinajstić information content (AvgIpc) is 3.09. The van der Waals surface area contributed by atoms with Gasteiger partial charge in [0.15, 0.2) is 0 Å². The third-order valence-corrected chi connectivity index (χ3v) is 6.68. The van der Waals surface area contributed by atoms with Crippen molar-refractivity contribution in [1.82, 2.24) is 9.29 Å². The van der Waals surface area contributed by atoms with Crippen molar-refractivity contribution in [2.24, 2.45) is 0 Å². The third-order valence-electron chi connectivity index (χ3n) is 4.31. The highest BCUT2D eigenvalue weighted by Gasteiger charge is 2.21. The zero-order chi connectivity index (χ0) is 19.6. The number of aromatic nitrogens is 1. The molecule has 0 saturated heterocycles. The van der Waals surface area contributed by atoms with Crippen molar-refractivity contribution in [1.29, 1.82) is 0 Å². The Morgan fingerprint density at radius 1 is 1.11 bits per heavy atom. The second kappa shape index (κ2) is 7.72. The van der Waals surface area contributed by atoms with E-state index < -0.39 is 10.0 Å². The molecule has 0 fully saturated rings. The molecule has 0 spiro atoms. The molecule has 0 aliphatic heterocycles. The quantitative estimate of drug-likeness (QED) is 0.647. The number of nitrogens with one attached hydrogen (secondary N) is 2. The Kier molecular flexibility index (Phi) is 5.55. The van der Waals surface area contributed by atoms with Crippen molar-refractivity contribution in [3.05, 3.63) is 59.2 Å². The number of benzene rings is 2. The minimum atomic E-state index is -3.52. The second-order valence-electron chi connectivity index (χ2n) is 5.95. The molecule has 0 radical (unpaired) electrons. The van der Waals surface area contributed by atoms with Gasteiger partial charge in [-0.3, -0.25) is 4.79 Å². The van der Waals surface area contributed by atoms with Gasteiger partial charge in [-0.15, -0.1) is 0 Å². The van der Waals surface area contributed by atoms with E-state index in [-0.39, 0.29) is 10.8 Å². The summed E-state index contributed by atoms with van der Waals surface area (Å²) in [5, 5.41) is 4.13. The van der Waals surface area contributed by atoms with Gasteiger partial charge in [0.2, 0.25) is 10.0 Å². The van der Waals surface area contributed by atoms with Gasteiger partial charge in [0.05, 0.1) is 15.4 Å². The first-order valence-electron chi connectivity index (χ1n) is 8.55. The topological polar surface area (TPSA) is 82.3 Å². The van der Waals surface area contributed by atoms with Gasteiger partial charge >= 0.3 is 0 Å². The number of sulfonamides is 1. The van der Waals surface area contributed by atoms with Crippen molar-refractivity contribution in [3.8, 4) is 0 Å². The lowest BCUT2D eigenvalue weighted by molar-refractivity contribution is 0.102. The van der Waals surface area contributed by atoms with E-state index in [0.29, 0.717) is 35.0 Å². The normalized spacial score (nSPS) is 11.9. The molecule has 3 aromatic rings. The van der Waals surface area contributed by atoms with E-state index in [1.54, 1.807) is 38.1 Å². The molecular formula is C19H20ClN3O3S. The lowest BCUT2D eigenvalue weighted by Gasteiger charge is -2.18. The van der Waals surface area contributed by atoms with E-state index in [1.165, 1.54) is 16.4 Å². The molecule has 142 valence electrons. The number of hydrogen-bond donors (Lipinski definition) is 2. The Hall–Kier alpha value is -2.35. The second-order valence-corrected chi connectivity index (χ2v) is 8.30. The van der Waals surface area contributed by atoms with Gasteiger partial charge in [-0.25, -0.2) is 8.42 Å². The van der Waals surface area contributed by atoms with Crippen LogP contribution < -0.4 is 5.32 Å². The third kappa shape index (κ3) is 3.85. The van der Waals surface area contributed by atoms with Crippen LogP contribution in [0.3, 0.4) is 0 Å². The highest BCUT2D eigenvalue weighted by molar-refractivity contribution is 7.89. The first-order valence-corrected chi connectivity index (χ1v) is 10.4. The van der Waals surface area contributed by atoms with Crippen LogP contribution in [0.5, 0.6) is 0 Å². The number of H-pyrrole nitrogens is 1. The highest BCUT2D eigenvalue weighted by atomic mass is 35.5. The predicted octanol–water partition coefficient (Wildman–Crippen LogP) is 4.10. The molecule has 0 unspecified atom stereocenters. The SMILES string of the molecule is CCN(CC)S(=O)(=O)c1ccc(NC(=O)c2cc3cccc(Cl)c3[nH]2)cc1. The van der Waals surface area contributed by atoms with Crippen LogP contribution in [0.2, 0.25) is 5.02 Å². The number of halogens is 1.